The van der Waals surface area contributed by atoms with E-state index in [0.717, 1.165) is 11.3 Å². The van der Waals surface area contributed by atoms with Gasteiger partial charge in [0, 0.05) is 30.2 Å². The first kappa shape index (κ1) is 14.9. The molecule has 0 unspecified atom stereocenters. The van der Waals surface area contributed by atoms with Crippen molar-refractivity contribution in [3.8, 4) is 0 Å². The molecule has 0 aromatic carbocycles. The molecule has 0 spiro atoms. The molecule has 110 valence electrons. The van der Waals surface area contributed by atoms with Gasteiger partial charge in [-0.1, -0.05) is 13.8 Å². The number of hydrogen-bond donors (Lipinski definition) is 3. The third kappa shape index (κ3) is 4.00. The van der Waals surface area contributed by atoms with Gasteiger partial charge in [0.05, 0.1) is 0 Å². The zero-order chi connectivity index (χ0) is 15.2. The van der Waals surface area contributed by atoms with Crippen LogP contribution in [0.25, 0.3) is 0 Å². The Kier molecular flexibility index (Phi) is 4.84. The molecule has 0 fully saturated rings. The number of carbonyl (C=O) groups is 1. The fraction of sp³-hybridized carbons (Fsp3) is 0.267. The topological polar surface area (TPSA) is 92.9 Å². The predicted octanol–water partition coefficient (Wildman–Crippen LogP) is 1.82. The van der Waals surface area contributed by atoms with Crippen LogP contribution in [0.4, 0.5) is 5.82 Å². The number of hydrogen-bond acceptors (Lipinski definition) is 5. The molecule has 0 aliphatic rings. The minimum Gasteiger partial charge on any atom is -0.348 e. The molecular formula is C15H19N5O. The fourth-order valence-corrected chi connectivity index (χ4v) is 1.84. The van der Waals surface area contributed by atoms with Crippen molar-refractivity contribution >= 4 is 11.7 Å². The van der Waals surface area contributed by atoms with E-state index in [1.54, 1.807) is 24.5 Å². The summed E-state index contributed by atoms with van der Waals surface area (Å²) in [6, 6.07) is 7.14. The number of rotatable bonds is 5. The molecule has 0 saturated carbocycles. The second kappa shape index (κ2) is 6.81. The Balaban J connectivity index is 2.13. The highest BCUT2D eigenvalue weighted by atomic mass is 16.1. The van der Waals surface area contributed by atoms with Gasteiger partial charge in [-0.25, -0.2) is 10.8 Å². The van der Waals surface area contributed by atoms with Gasteiger partial charge in [-0.3, -0.25) is 9.78 Å². The lowest BCUT2D eigenvalue weighted by Gasteiger charge is -2.11. The Morgan fingerprint density at radius 1 is 1.29 bits per heavy atom. The van der Waals surface area contributed by atoms with Crippen LogP contribution in [0.1, 0.15) is 41.4 Å². The number of nitrogens with two attached hydrogens (primary N) is 1. The molecule has 2 aromatic rings. The van der Waals surface area contributed by atoms with Crippen molar-refractivity contribution in [3.05, 3.63) is 53.5 Å². The number of nitrogens with one attached hydrogen (secondary N) is 2. The highest BCUT2D eigenvalue weighted by Crippen LogP contribution is 2.17. The van der Waals surface area contributed by atoms with Gasteiger partial charge in [0.15, 0.2) is 0 Å². The maximum Gasteiger partial charge on any atom is 0.251 e. The van der Waals surface area contributed by atoms with Crippen molar-refractivity contribution in [2.45, 2.75) is 26.3 Å². The number of hydrazine groups is 1. The fourth-order valence-electron chi connectivity index (χ4n) is 1.84. The molecule has 2 heterocycles. The summed E-state index contributed by atoms with van der Waals surface area (Å²) in [5, 5.41) is 2.87. The van der Waals surface area contributed by atoms with Gasteiger partial charge >= 0.3 is 0 Å². The van der Waals surface area contributed by atoms with Gasteiger partial charge in [-0.2, -0.15) is 0 Å². The number of pyridine rings is 2. The molecule has 0 atom stereocenters. The Morgan fingerprint density at radius 3 is 2.62 bits per heavy atom. The maximum absolute atomic E-state index is 12.2. The third-order valence-corrected chi connectivity index (χ3v) is 3.05. The van der Waals surface area contributed by atoms with Gasteiger partial charge in [-0.15, -0.1) is 0 Å². The van der Waals surface area contributed by atoms with Crippen molar-refractivity contribution in [2.75, 3.05) is 5.43 Å². The van der Waals surface area contributed by atoms with E-state index in [0.29, 0.717) is 17.9 Å². The van der Waals surface area contributed by atoms with Crippen LogP contribution >= 0.6 is 0 Å². The zero-order valence-corrected chi connectivity index (χ0v) is 12.1. The molecule has 1 amide bonds. The lowest BCUT2D eigenvalue weighted by molar-refractivity contribution is 0.0950. The minimum atomic E-state index is -0.160. The molecule has 0 bridgehead atoms. The van der Waals surface area contributed by atoms with Crippen LogP contribution in [-0.2, 0) is 6.54 Å². The summed E-state index contributed by atoms with van der Waals surface area (Å²) in [6.07, 6.45) is 3.39. The third-order valence-electron chi connectivity index (χ3n) is 3.05. The smallest absolute Gasteiger partial charge is 0.251 e. The Labute approximate surface area is 123 Å². The summed E-state index contributed by atoms with van der Waals surface area (Å²) in [5.74, 6) is 5.94. The van der Waals surface area contributed by atoms with Crippen LogP contribution in [0.5, 0.6) is 0 Å². The highest BCUT2D eigenvalue weighted by molar-refractivity contribution is 5.95. The molecule has 21 heavy (non-hydrogen) atoms. The monoisotopic (exact) mass is 285 g/mol. The number of aromatic nitrogens is 2. The SMILES string of the molecule is CC(C)c1cc(C(=O)NCc2ccncc2)cc(NN)n1. The standard InChI is InChI=1S/C15H19N5O/c1-10(2)13-7-12(8-14(19-13)20-16)15(21)18-9-11-3-5-17-6-4-11/h3-8,10H,9,16H2,1-2H3,(H,18,21)(H,19,20). The number of nitrogen functional groups attached to an aromatic ring is 1. The molecule has 0 aliphatic heterocycles. The van der Waals surface area contributed by atoms with E-state index in [1.807, 2.05) is 26.0 Å². The van der Waals surface area contributed by atoms with Crippen LogP contribution in [0.15, 0.2) is 36.7 Å². The molecule has 0 radical (unpaired) electrons. The van der Waals surface area contributed by atoms with Crippen molar-refractivity contribution in [1.29, 1.82) is 0 Å². The van der Waals surface area contributed by atoms with E-state index < -0.39 is 0 Å². The Hall–Kier alpha value is -2.47. The first-order chi connectivity index (χ1) is 10.1. The summed E-state index contributed by atoms with van der Waals surface area (Å²) in [4.78, 5) is 20.5. The van der Waals surface area contributed by atoms with Gasteiger partial charge in [-0.05, 0) is 35.7 Å². The molecule has 4 N–H and O–H groups in total. The number of carbonyl (C=O) groups excluding carboxylic acids is 1. The Morgan fingerprint density at radius 2 is 2.00 bits per heavy atom. The molecule has 2 rings (SSSR count). The van der Waals surface area contributed by atoms with Gasteiger partial charge in [0.25, 0.3) is 5.91 Å². The highest BCUT2D eigenvalue weighted by Gasteiger charge is 2.11. The molecular weight excluding hydrogens is 266 g/mol. The van der Waals surface area contributed by atoms with Crippen LogP contribution in [-0.4, -0.2) is 15.9 Å². The number of anilines is 1. The lowest BCUT2D eigenvalue weighted by Crippen LogP contribution is -2.23. The van der Waals surface area contributed by atoms with E-state index in [-0.39, 0.29) is 11.8 Å². The molecule has 0 aliphatic carbocycles. The van der Waals surface area contributed by atoms with Crippen LogP contribution in [0.3, 0.4) is 0 Å². The van der Waals surface area contributed by atoms with Gasteiger partial charge in [0.2, 0.25) is 0 Å². The van der Waals surface area contributed by atoms with E-state index in [2.05, 4.69) is 20.7 Å². The first-order valence-electron chi connectivity index (χ1n) is 6.76. The van der Waals surface area contributed by atoms with E-state index in [9.17, 15) is 4.79 Å². The minimum absolute atomic E-state index is 0.160. The lowest BCUT2D eigenvalue weighted by atomic mass is 10.1. The van der Waals surface area contributed by atoms with Gasteiger partial charge < -0.3 is 10.7 Å². The van der Waals surface area contributed by atoms with E-state index in [4.69, 9.17) is 5.84 Å². The van der Waals surface area contributed by atoms with Crippen molar-refractivity contribution < 1.29 is 4.79 Å². The largest absolute Gasteiger partial charge is 0.348 e. The average Bonchev–Trinajstić information content (AvgIpc) is 2.53. The van der Waals surface area contributed by atoms with Crippen molar-refractivity contribution in [3.63, 3.8) is 0 Å². The molecule has 6 heteroatoms. The molecule has 2 aromatic heterocycles. The normalized spacial score (nSPS) is 10.5. The number of amides is 1. The van der Waals surface area contributed by atoms with Crippen LogP contribution in [0, 0.1) is 0 Å². The van der Waals surface area contributed by atoms with E-state index in [1.165, 1.54) is 0 Å². The van der Waals surface area contributed by atoms with Crippen molar-refractivity contribution in [1.82, 2.24) is 15.3 Å². The second-order valence-corrected chi connectivity index (χ2v) is 5.00. The maximum atomic E-state index is 12.2. The summed E-state index contributed by atoms with van der Waals surface area (Å²) >= 11 is 0. The van der Waals surface area contributed by atoms with Crippen LogP contribution in [0.2, 0.25) is 0 Å². The second-order valence-electron chi connectivity index (χ2n) is 5.00. The molecule has 6 nitrogen and oxygen atoms in total. The van der Waals surface area contributed by atoms with Gasteiger partial charge in [0.1, 0.15) is 5.82 Å². The first-order valence-corrected chi connectivity index (χ1v) is 6.76. The summed E-state index contributed by atoms with van der Waals surface area (Å²) < 4.78 is 0. The number of nitrogens with zero attached hydrogens (tertiary/aromatic N) is 2. The average molecular weight is 285 g/mol. The molecule has 0 saturated heterocycles. The predicted molar refractivity (Wildman–Crippen MR) is 81.5 cm³/mol. The Bertz CT molecular complexity index is 613. The summed E-state index contributed by atoms with van der Waals surface area (Å²) in [6.45, 7) is 4.48. The van der Waals surface area contributed by atoms with Crippen LogP contribution < -0.4 is 16.6 Å². The zero-order valence-electron chi connectivity index (χ0n) is 12.1. The summed E-state index contributed by atoms with van der Waals surface area (Å²) in [7, 11) is 0. The summed E-state index contributed by atoms with van der Waals surface area (Å²) in [5.41, 5.74) is 4.84. The van der Waals surface area contributed by atoms with E-state index >= 15 is 0 Å². The quantitative estimate of drug-likeness (QED) is 0.575. The van der Waals surface area contributed by atoms with Crippen molar-refractivity contribution in [2.24, 2.45) is 5.84 Å².